The van der Waals surface area contributed by atoms with Gasteiger partial charge < -0.3 is 5.32 Å². The summed E-state index contributed by atoms with van der Waals surface area (Å²) in [5.41, 5.74) is 1.76. The van der Waals surface area contributed by atoms with Crippen LogP contribution in [0.1, 0.15) is 0 Å². The Morgan fingerprint density at radius 2 is 1.91 bits per heavy atom. The Balaban J connectivity index is 1.60. The lowest BCUT2D eigenvalue weighted by Crippen LogP contribution is -2.12. The molecule has 0 radical (unpaired) electrons. The lowest BCUT2D eigenvalue weighted by molar-refractivity contribution is 0.637. The molecule has 0 saturated heterocycles. The molecule has 7 nitrogen and oxygen atoms in total. The molecule has 0 fully saturated rings. The molecule has 0 unspecified atom stereocenters. The van der Waals surface area contributed by atoms with Crippen LogP contribution < -0.4 is 5.32 Å². The summed E-state index contributed by atoms with van der Waals surface area (Å²) < 4.78 is 3.69. The topological polar surface area (TPSA) is 73.5 Å². The van der Waals surface area contributed by atoms with E-state index in [9.17, 15) is 0 Å². The second-order valence-corrected chi connectivity index (χ2v) is 5.05. The van der Waals surface area contributed by atoms with E-state index in [4.69, 9.17) is 0 Å². The molecule has 0 atom stereocenters. The quantitative estimate of drug-likeness (QED) is 0.611. The van der Waals surface area contributed by atoms with Crippen LogP contribution in [0, 0.1) is 0 Å². The van der Waals surface area contributed by atoms with Crippen LogP contribution in [0.4, 0.5) is 5.82 Å². The van der Waals surface area contributed by atoms with Crippen LogP contribution in [0.15, 0.2) is 61.3 Å². The summed E-state index contributed by atoms with van der Waals surface area (Å²) in [4.78, 5) is 8.70. The normalized spacial score (nSPS) is 11.0. The van der Waals surface area contributed by atoms with Gasteiger partial charge in [-0.05, 0) is 18.2 Å². The first-order valence-electron chi connectivity index (χ1n) is 7.37. The van der Waals surface area contributed by atoms with Crippen LogP contribution >= 0.6 is 0 Å². The lowest BCUT2D eigenvalue weighted by Gasteiger charge is -2.07. The molecule has 0 saturated carbocycles. The van der Waals surface area contributed by atoms with Gasteiger partial charge in [-0.25, -0.2) is 14.6 Å². The number of para-hydroxylation sites is 1. The Labute approximate surface area is 132 Å². The summed E-state index contributed by atoms with van der Waals surface area (Å²) in [6.45, 7) is 1.50. The number of hydrogen-bond donors (Lipinski definition) is 1. The fourth-order valence-corrected chi connectivity index (χ4v) is 2.46. The smallest absolute Gasteiger partial charge is 0.168 e. The lowest BCUT2D eigenvalue weighted by atomic mass is 10.3. The van der Waals surface area contributed by atoms with Crippen molar-refractivity contribution in [2.24, 2.45) is 0 Å². The number of aromatic nitrogens is 6. The molecule has 4 aromatic rings. The van der Waals surface area contributed by atoms with Gasteiger partial charge in [0, 0.05) is 18.9 Å². The molecule has 0 aliphatic carbocycles. The van der Waals surface area contributed by atoms with Gasteiger partial charge in [0.2, 0.25) is 0 Å². The molecular formula is C16H15N7. The maximum atomic E-state index is 4.44. The van der Waals surface area contributed by atoms with E-state index < -0.39 is 0 Å². The third-order valence-electron chi connectivity index (χ3n) is 3.56. The number of fused-ring (bicyclic) bond motifs is 1. The molecule has 4 rings (SSSR count). The zero-order chi connectivity index (χ0) is 15.5. The van der Waals surface area contributed by atoms with Crippen LogP contribution in [0.2, 0.25) is 0 Å². The molecule has 1 aromatic carbocycles. The Kier molecular flexibility index (Phi) is 3.44. The van der Waals surface area contributed by atoms with E-state index >= 15 is 0 Å². The Hall–Kier alpha value is -3.22. The highest BCUT2D eigenvalue weighted by Crippen LogP contribution is 2.21. The summed E-state index contributed by atoms with van der Waals surface area (Å²) in [5, 5.41) is 12.8. The Bertz CT molecular complexity index is 897. The monoisotopic (exact) mass is 305 g/mol. The summed E-state index contributed by atoms with van der Waals surface area (Å²) >= 11 is 0. The van der Waals surface area contributed by atoms with Crippen molar-refractivity contribution in [1.29, 1.82) is 0 Å². The third kappa shape index (κ3) is 2.64. The molecule has 0 spiro atoms. The second kappa shape index (κ2) is 5.88. The highest BCUT2D eigenvalue weighted by molar-refractivity contribution is 5.87. The van der Waals surface area contributed by atoms with E-state index in [-0.39, 0.29) is 0 Å². The van der Waals surface area contributed by atoms with Gasteiger partial charge in [-0.1, -0.05) is 18.2 Å². The summed E-state index contributed by atoms with van der Waals surface area (Å²) in [7, 11) is 0. The van der Waals surface area contributed by atoms with Crippen LogP contribution in [-0.4, -0.2) is 36.1 Å². The van der Waals surface area contributed by atoms with Crippen LogP contribution in [0.25, 0.3) is 16.7 Å². The minimum absolute atomic E-state index is 0.726. The van der Waals surface area contributed by atoms with Gasteiger partial charge in [-0.2, -0.15) is 10.2 Å². The van der Waals surface area contributed by atoms with Gasteiger partial charge in [0.05, 0.1) is 23.8 Å². The van der Waals surface area contributed by atoms with Crippen molar-refractivity contribution in [2.75, 3.05) is 11.9 Å². The third-order valence-corrected chi connectivity index (χ3v) is 3.56. The highest BCUT2D eigenvalue weighted by atomic mass is 15.3. The molecular weight excluding hydrogens is 290 g/mol. The number of benzene rings is 1. The van der Waals surface area contributed by atoms with Crippen LogP contribution in [-0.2, 0) is 6.54 Å². The standard InChI is InChI=1S/C16H15N7/c1-2-5-13(6-3-1)23-16-14(11-21-23)15(18-12-19-16)17-8-10-22-9-4-7-20-22/h1-7,9,11-12H,8,10H2,(H,17,18,19). The number of rotatable bonds is 5. The fraction of sp³-hybridized carbons (Fsp3) is 0.125. The van der Waals surface area contributed by atoms with Gasteiger partial charge in [0.1, 0.15) is 12.1 Å². The van der Waals surface area contributed by atoms with E-state index in [2.05, 4.69) is 25.5 Å². The van der Waals surface area contributed by atoms with Crippen LogP contribution in [0.5, 0.6) is 0 Å². The molecule has 0 amide bonds. The Morgan fingerprint density at radius 1 is 1.00 bits per heavy atom. The predicted octanol–water partition coefficient (Wildman–Crippen LogP) is 2.12. The van der Waals surface area contributed by atoms with Crippen molar-refractivity contribution < 1.29 is 0 Å². The maximum absolute atomic E-state index is 4.44. The Morgan fingerprint density at radius 3 is 2.74 bits per heavy atom. The van der Waals surface area contributed by atoms with Crippen LogP contribution in [0.3, 0.4) is 0 Å². The molecule has 114 valence electrons. The van der Waals surface area contributed by atoms with E-state index in [0.29, 0.717) is 0 Å². The molecule has 3 aromatic heterocycles. The summed E-state index contributed by atoms with van der Waals surface area (Å²) in [5.74, 6) is 0.782. The second-order valence-electron chi connectivity index (χ2n) is 5.05. The van der Waals surface area contributed by atoms with Crippen molar-refractivity contribution in [3.8, 4) is 5.69 Å². The summed E-state index contributed by atoms with van der Waals surface area (Å²) in [6.07, 6.45) is 7.05. The van der Waals surface area contributed by atoms with Gasteiger partial charge in [0.15, 0.2) is 5.65 Å². The fourth-order valence-electron chi connectivity index (χ4n) is 2.46. The molecule has 3 heterocycles. The van der Waals surface area contributed by atoms with Crippen molar-refractivity contribution in [3.63, 3.8) is 0 Å². The number of anilines is 1. The highest BCUT2D eigenvalue weighted by Gasteiger charge is 2.10. The molecule has 1 N–H and O–H groups in total. The maximum Gasteiger partial charge on any atom is 0.168 e. The molecule has 23 heavy (non-hydrogen) atoms. The molecule has 0 bridgehead atoms. The first-order chi connectivity index (χ1) is 11.4. The number of hydrogen-bond acceptors (Lipinski definition) is 5. The number of nitrogens with zero attached hydrogens (tertiary/aromatic N) is 6. The van der Waals surface area contributed by atoms with Crippen molar-refractivity contribution in [3.05, 3.63) is 61.3 Å². The largest absolute Gasteiger partial charge is 0.367 e. The average molecular weight is 305 g/mol. The van der Waals surface area contributed by atoms with Crippen molar-refractivity contribution >= 4 is 16.9 Å². The predicted molar refractivity (Wildman–Crippen MR) is 87.4 cm³/mol. The van der Waals surface area contributed by atoms with E-state index in [1.54, 1.807) is 18.7 Å². The van der Waals surface area contributed by atoms with Gasteiger partial charge in [-0.3, -0.25) is 4.68 Å². The van der Waals surface area contributed by atoms with E-state index in [1.807, 2.05) is 52.0 Å². The average Bonchev–Trinajstić information content (AvgIpc) is 3.25. The molecule has 0 aliphatic rings. The zero-order valence-corrected chi connectivity index (χ0v) is 12.4. The van der Waals surface area contributed by atoms with E-state index in [1.165, 1.54) is 0 Å². The van der Waals surface area contributed by atoms with E-state index in [0.717, 1.165) is 35.6 Å². The zero-order valence-electron chi connectivity index (χ0n) is 12.4. The van der Waals surface area contributed by atoms with Crippen molar-refractivity contribution in [1.82, 2.24) is 29.5 Å². The molecule has 7 heteroatoms. The SMILES string of the molecule is c1ccc(-n2ncc3c(NCCn4cccn4)ncnc32)cc1. The first-order valence-corrected chi connectivity index (χ1v) is 7.37. The minimum atomic E-state index is 0.726. The minimum Gasteiger partial charge on any atom is -0.367 e. The number of nitrogens with one attached hydrogen (secondary N) is 1. The summed E-state index contributed by atoms with van der Waals surface area (Å²) in [6, 6.07) is 11.8. The van der Waals surface area contributed by atoms with Gasteiger partial charge in [0.25, 0.3) is 0 Å². The molecule has 0 aliphatic heterocycles. The van der Waals surface area contributed by atoms with Gasteiger partial charge in [-0.15, -0.1) is 0 Å². The van der Waals surface area contributed by atoms with Crippen molar-refractivity contribution in [2.45, 2.75) is 6.54 Å². The first kappa shape index (κ1) is 13.4. The van der Waals surface area contributed by atoms with Gasteiger partial charge >= 0.3 is 0 Å².